The summed E-state index contributed by atoms with van der Waals surface area (Å²) in [4.78, 5) is 44.4. The molecule has 0 aliphatic carbocycles. The van der Waals surface area contributed by atoms with Crippen molar-refractivity contribution in [1.29, 1.82) is 0 Å². The van der Waals surface area contributed by atoms with E-state index in [9.17, 15) is 19.2 Å². The summed E-state index contributed by atoms with van der Waals surface area (Å²) in [6, 6.07) is -1.86. The van der Waals surface area contributed by atoms with E-state index in [4.69, 9.17) is 5.11 Å². The van der Waals surface area contributed by atoms with Crippen LogP contribution in [0.1, 0.15) is 6.42 Å². The van der Waals surface area contributed by atoms with Crippen LogP contribution in [0.4, 0.5) is 4.79 Å². The molecule has 1 heterocycles. The monoisotopic (exact) mass is 230 g/mol. The summed E-state index contributed by atoms with van der Waals surface area (Å²) in [6.45, 7) is -0.720. The number of carbonyl (C=O) groups is 4. The molecule has 0 saturated carbocycles. The van der Waals surface area contributed by atoms with E-state index in [1.54, 1.807) is 0 Å². The molecule has 0 radical (unpaired) electrons. The quantitative estimate of drug-likeness (QED) is 0.451. The second kappa shape index (κ2) is 4.60. The van der Waals surface area contributed by atoms with Gasteiger partial charge in [0.1, 0.15) is 12.6 Å². The van der Waals surface area contributed by atoms with E-state index in [1.807, 2.05) is 0 Å². The topological polar surface area (TPSA) is 113 Å². The standard InChI is InChI=1S/C8H10N2O6/c1-16-6(13)2-4-7(14)10(3-5(11)12)8(15)9-4/h4H,2-3H2,1H3,(H,9,15)(H,11,12)/t4-/m0/s1. The van der Waals surface area contributed by atoms with Crippen molar-refractivity contribution in [2.75, 3.05) is 13.7 Å². The van der Waals surface area contributed by atoms with Crippen LogP contribution in [0, 0.1) is 0 Å². The van der Waals surface area contributed by atoms with Gasteiger partial charge in [0.2, 0.25) is 0 Å². The van der Waals surface area contributed by atoms with Gasteiger partial charge in [0.05, 0.1) is 13.5 Å². The van der Waals surface area contributed by atoms with Crippen LogP contribution in [0.15, 0.2) is 0 Å². The highest BCUT2D eigenvalue weighted by atomic mass is 16.5. The van der Waals surface area contributed by atoms with E-state index in [1.165, 1.54) is 0 Å². The lowest BCUT2D eigenvalue weighted by atomic mass is 10.2. The van der Waals surface area contributed by atoms with Crippen molar-refractivity contribution >= 4 is 23.9 Å². The van der Waals surface area contributed by atoms with Gasteiger partial charge in [0.15, 0.2) is 0 Å². The first-order valence-corrected chi connectivity index (χ1v) is 4.36. The second-order valence-corrected chi connectivity index (χ2v) is 3.10. The predicted molar refractivity (Wildman–Crippen MR) is 48.3 cm³/mol. The molecule has 1 atom stereocenters. The smallest absolute Gasteiger partial charge is 0.325 e. The number of nitrogens with zero attached hydrogens (tertiary/aromatic N) is 1. The van der Waals surface area contributed by atoms with Gasteiger partial charge in [-0.05, 0) is 0 Å². The first kappa shape index (κ1) is 12.0. The Hall–Kier alpha value is -2.12. The fourth-order valence-corrected chi connectivity index (χ4v) is 1.25. The highest BCUT2D eigenvalue weighted by Gasteiger charge is 2.40. The molecule has 16 heavy (non-hydrogen) atoms. The number of nitrogens with one attached hydrogen (secondary N) is 1. The Bertz CT molecular complexity index is 352. The third kappa shape index (κ3) is 2.47. The molecule has 3 amide bonds. The third-order valence-electron chi connectivity index (χ3n) is 2.00. The molecule has 0 aromatic rings. The van der Waals surface area contributed by atoms with Gasteiger partial charge in [-0.1, -0.05) is 0 Å². The van der Waals surface area contributed by atoms with E-state index in [0.717, 1.165) is 7.11 Å². The summed E-state index contributed by atoms with van der Waals surface area (Å²) in [5, 5.41) is 10.7. The molecule has 88 valence electrons. The Balaban J connectivity index is 2.66. The molecule has 0 unspecified atom stereocenters. The Morgan fingerprint density at radius 3 is 2.62 bits per heavy atom. The summed E-state index contributed by atoms with van der Waals surface area (Å²) >= 11 is 0. The minimum absolute atomic E-state index is 0.308. The number of methoxy groups -OCH3 is 1. The Morgan fingerprint density at radius 1 is 1.50 bits per heavy atom. The normalized spacial score (nSPS) is 19.6. The summed E-state index contributed by atoms with van der Waals surface area (Å²) in [7, 11) is 1.15. The number of amides is 3. The lowest BCUT2D eigenvalue weighted by molar-refractivity contribution is -0.144. The first-order chi connectivity index (χ1) is 7.45. The van der Waals surface area contributed by atoms with Gasteiger partial charge in [-0.3, -0.25) is 19.3 Å². The van der Waals surface area contributed by atoms with Crippen molar-refractivity contribution in [2.24, 2.45) is 0 Å². The van der Waals surface area contributed by atoms with Gasteiger partial charge >= 0.3 is 18.0 Å². The summed E-state index contributed by atoms with van der Waals surface area (Å²) in [5.41, 5.74) is 0. The van der Waals surface area contributed by atoms with Crippen molar-refractivity contribution in [3.05, 3.63) is 0 Å². The molecule has 8 heteroatoms. The number of carbonyl (C=O) groups excluding carboxylic acids is 3. The van der Waals surface area contributed by atoms with E-state index in [-0.39, 0.29) is 6.42 Å². The first-order valence-electron chi connectivity index (χ1n) is 4.36. The lowest BCUT2D eigenvalue weighted by Crippen LogP contribution is -2.36. The van der Waals surface area contributed by atoms with Crippen molar-refractivity contribution in [2.45, 2.75) is 12.5 Å². The highest BCUT2D eigenvalue weighted by Crippen LogP contribution is 2.09. The highest BCUT2D eigenvalue weighted by molar-refractivity contribution is 6.07. The average Bonchev–Trinajstić information content (AvgIpc) is 2.45. The maximum absolute atomic E-state index is 11.5. The molecule has 0 aromatic heterocycles. The molecule has 1 rings (SSSR count). The number of imide groups is 1. The number of carboxylic acid groups (broad SMARTS) is 1. The summed E-state index contributed by atoms with van der Waals surface area (Å²) in [5.74, 6) is -2.70. The van der Waals surface area contributed by atoms with E-state index < -0.39 is 36.5 Å². The van der Waals surface area contributed by atoms with Gasteiger partial charge in [-0.25, -0.2) is 4.79 Å². The average molecular weight is 230 g/mol. The largest absolute Gasteiger partial charge is 0.480 e. The number of ether oxygens (including phenoxy) is 1. The molecule has 0 spiro atoms. The minimum atomic E-state index is -1.30. The molecule has 0 aromatic carbocycles. The summed E-state index contributed by atoms with van der Waals surface area (Å²) in [6.07, 6.45) is -0.308. The minimum Gasteiger partial charge on any atom is -0.480 e. The maximum atomic E-state index is 11.5. The molecular weight excluding hydrogens is 220 g/mol. The van der Waals surface area contributed by atoms with E-state index in [2.05, 4.69) is 10.1 Å². The molecule has 1 fully saturated rings. The Kier molecular flexibility index (Phi) is 3.44. The van der Waals surface area contributed by atoms with Crippen LogP contribution in [0.5, 0.6) is 0 Å². The number of hydrogen-bond donors (Lipinski definition) is 2. The van der Waals surface area contributed by atoms with Crippen LogP contribution >= 0.6 is 0 Å². The molecule has 2 N–H and O–H groups in total. The zero-order chi connectivity index (χ0) is 12.3. The number of esters is 1. The molecule has 8 nitrogen and oxygen atoms in total. The number of rotatable bonds is 4. The van der Waals surface area contributed by atoms with Gasteiger partial charge in [-0.2, -0.15) is 0 Å². The number of carboxylic acids is 1. The molecule has 1 aliphatic rings. The maximum Gasteiger partial charge on any atom is 0.325 e. The van der Waals surface area contributed by atoms with Crippen LogP contribution in [-0.4, -0.2) is 53.6 Å². The van der Waals surface area contributed by atoms with Gasteiger partial charge in [-0.15, -0.1) is 0 Å². The molecule has 1 aliphatic heterocycles. The Morgan fingerprint density at radius 2 is 2.12 bits per heavy atom. The van der Waals surface area contributed by atoms with Crippen LogP contribution in [0.25, 0.3) is 0 Å². The van der Waals surface area contributed by atoms with Crippen LogP contribution in [-0.2, 0) is 19.1 Å². The number of urea groups is 1. The van der Waals surface area contributed by atoms with Gasteiger partial charge in [0.25, 0.3) is 5.91 Å². The van der Waals surface area contributed by atoms with Crippen molar-refractivity contribution < 1.29 is 29.0 Å². The third-order valence-corrected chi connectivity index (χ3v) is 2.00. The second-order valence-electron chi connectivity index (χ2n) is 3.10. The van der Waals surface area contributed by atoms with Gasteiger partial charge < -0.3 is 15.2 Å². The van der Waals surface area contributed by atoms with Crippen molar-refractivity contribution in [3.8, 4) is 0 Å². The van der Waals surface area contributed by atoms with Crippen molar-refractivity contribution in [1.82, 2.24) is 10.2 Å². The molecule has 0 bridgehead atoms. The Labute approximate surface area is 90.2 Å². The summed E-state index contributed by atoms with van der Waals surface area (Å²) < 4.78 is 4.33. The zero-order valence-electron chi connectivity index (χ0n) is 8.43. The lowest BCUT2D eigenvalue weighted by Gasteiger charge is -2.08. The SMILES string of the molecule is COC(=O)C[C@@H]1NC(=O)N(CC(=O)O)C1=O. The zero-order valence-corrected chi connectivity index (χ0v) is 8.43. The van der Waals surface area contributed by atoms with Gasteiger partial charge in [0, 0.05) is 0 Å². The predicted octanol–water partition coefficient (Wildman–Crippen LogP) is -1.45. The number of hydrogen-bond acceptors (Lipinski definition) is 5. The number of aliphatic carboxylic acids is 1. The van der Waals surface area contributed by atoms with Crippen molar-refractivity contribution in [3.63, 3.8) is 0 Å². The van der Waals surface area contributed by atoms with E-state index >= 15 is 0 Å². The fraction of sp³-hybridized carbons (Fsp3) is 0.500. The fourth-order valence-electron chi connectivity index (χ4n) is 1.25. The van der Waals surface area contributed by atoms with Crippen LogP contribution < -0.4 is 5.32 Å². The van der Waals surface area contributed by atoms with E-state index in [0.29, 0.717) is 4.90 Å². The molecular formula is C8H10N2O6. The van der Waals surface area contributed by atoms with Crippen LogP contribution in [0.2, 0.25) is 0 Å². The molecule has 1 saturated heterocycles. The van der Waals surface area contributed by atoms with Crippen LogP contribution in [0.3, 0.4) is 0 Å².